The highest BCUT2D eigenvalue weighted by atomic mass is 32.1. The molecule has 1 amide bonds. The molecule has 0 saturated heterocycles. The van der Waals surface area contributed by atoms with Gasteiger partial charge in [0.1, 0.15) is 0 Å². The minimum Gasteiger partial charge on any atom is -0.395 e. The number of aliphatic hydroxyl groups excluding tert-OH is 1. The molecule has 0 unspecified atom stereocenters. The number of hydrogen-bond acceptors (Lipinski definition) is 5. The zero-order chi connectivity index (χ0) is 14.4. The van der Waals surface area contributed by atoms with Gasteiger partial charge in [-0.05, 0) is 12.8 Å². The molecular formula is C14H23N3O2S. The fraction of sp³-hybridized carbons (Fsp3) is 0.714. The quantitative estimate of drug-likeness (QED) is 0.869. The molecule has 1 aromatic rings. The number of aromatic nitrogens is 1. The van der Waals surface area contributed by atoms with Crippen LogP contribution in [0, 0.1) is 0 Å². The molecule has 1 aliphatic rings. The normalized spacial score (nSPS) is 16.6. The largest absolute Gasteiger partial charge is 0.395 e. The molecule has 5 nitrogen and oxygen atoms in total. The number of amides is 1. The Labute approximate surface area is 124 Å². The van der Waals surface area contributed by atoms with E-state index in [0.717, 1.165) is 18.0 Å². The summed E-state index contributed by atoms with van der Waals surface area (Å²) < 4.78 is 0. The van der Waals surface area contributed by atoms with Crippen molar-refractivity contribution in [3.8, 4) is 0 Å². The highest BCUT2D eigenvalue weighted by molar-refractivity contribution is 7.13. The Kier molecular flexibility index (Phi) is 5.94. The van der Waals surface area contributed by atoms with Crippen LogP contribution in [0.3, 0.4) is 0 Å². The predicted octanol–water partition coefficient (Wildman–Crippen LogP) is 1.73. The van der Waals surface area contributed by atoms with Gasteiger partial charge in [-0.2, -0.15) is 0 Å². The van der Waals surface area contributed by atoms with Crippen molar-refractivity contribution in [2.45, 2.75) is 38.1 Å². The van der Waals surface area contributed by atoms with Gasteiger partial charge in [0, 0.05) is 31.2 Å². The molecule has 0 aliphatic heterocycles. The van der Waals surface area contributed by atoms with Crippen molar-refractivity contribution < 1.29 is 9.90 Å². The van der Waals surface area contributed by atoms with Gasteiger partial charge in [0.2, 0.25) is 5.91 Å². The molecule has 0 bridgehead atoms. The van der Waals surface area contributed by atoms with Crippen molar-refractivity contribution in [3.05, 3.63) is 11.6 Å². The van der Waals surface area contributed by atoms with Gasteiger partial charge >= 0.3 is 0 Å². The third-order valence-corrected chi connectivity index (χ3v) is 4.74. The summed E-state index contributed by atoms with van der Waals surface area (Å²) in [5, 5.41) is 11.8. The van der Waals surface area contributed by atoms with Gasteiger partial charge in [0.15, 0.2) is 5.13 Å². The van der Waals surface area contributed by atoms with Crippen LogP contribution in [0.5, 0.6) is 0 Å². The van der Waals surface area contributed by atoms with E-state index in [1.54, 1.807) is 18.1 Å². The SMILES string of the molecule is CN(C(=O)CN(CCO)C1CCCCC1)c1nccs1. The zero-order valence-electron chi connectivity index (χ0n) is 12.0. The molecule has 20 heavy (non-hydrogen) atoms. The number of rotatable bonds is 6. The second kappa shape index (κ2) is 7.71. The van der Waals surface area contributed by atoms with Gasteiger partial charge in [-0.15, -0.1) is 11.3 Å². The lowest BCUT2D eigenvalue weighted by Gasteiger charge is -2.34. The minimum absolute atomic E-state index is 0.0407. The van der Waals surface area contributed by atoms with Crippen molar-refractivity contribution in [2.75, 3.05) is 31.6 Å². The summed E-state index contributed by atoms with van der Waals surface area (Å²) in [4.78, 5) is 20.2. The molecule has 0 atom stereocenters. The maximum absolute atomic E-state index is 12.3. The number of carbonyl (C=O) groups is 1. The monoisotopic (exact) mass is 297 g/mol. The van der Waals surface area contributed by atoms with Crippen LogP contribution in [0.25, 0.3) is 0 Å². The third-order valence-electron chi connectivity index (χ3n) is 3.90. The number of likely N-dealkylation sites (N-methyl/N-ethyl adjacent to an activating group) is 1. The maximum Gasteiger partial charge on any atom is 0.242 e. The van der Waals surface area contributed by atoms with Gasteiger partial charge in [0.25, 0.3) is 0 Å². The lowest BCUT2D eigenvalue weighted by atomic mass is 9.94. The molecule has 1 heterocycles. The Morgan fingerprint density at radius 3 is 2.80 bits per heavy atom. The van der Waals surface area contributed by atoms with Crippen molar-refractivity contribution >= 4 is 22.4 Å². The van der Waals surface area contributed by atoms with Gasteiger partial charge < -0.3 is 5.11 Å². The maximum atomic E-state index is 12.3. The highest BCUT2D eigenvalue weighted by Gasteiger charge is 2.24. The number of anilines is 1. The van der Waals surface area contributed by atoms with E-state index in [2.05, 4.69) is 9.88 Å². The Morgan fingerprint density at radius 2 is 2.20 bits per heavy atom. The van der Waals surface area contributed by atoms with Crippen molar-refractivity contribution in [1.29, 1.82) is 0 Å². The van der Waals surface area contributed by atoms with Crippen molar-refractivity contribution in [1.82, 2.24) is 9.88 Å². The second-order valence-electron chi connectivity index (χ2n) is 5.25. The summed E-state index contributed by atoms with van der Waals surface area (Å²) in [6, 6.07) is 0.435. The fourth-order valence-electron chi connectivity index (χ4n) is 2.73. The van der Waals surface area contributed by atoms with Crippen LogP contribution in [0.4, 0.5) is 5.13 Å². The first-order valence-corrected chi connectivity index (χ1v) is 8.11. The smallest absolute Gasteiger partial charge is 0.242 e. The second-order valence-corrected chi connectivity index (χ2v) is 6.13. The number of carbonyl (C=O) groups excluding carboxylic acids is 1. The standard InChI is InChI=1S/C14H23N3O2S/c1-16(14-15-7-10-20-14)13(19)11-17(8-9-18)12-5-3-2-4-6-12/h7,10,12,18H,2-6,8-9,11H2,1H3. The molecule has 112 valence electrons. The molecule has 0 spiro atoms. The first kappa shape index (κ1) is 15.4. The Balaban J connectivity index is 1.94. The summed E-state index contributed by atoms with van der Waals surface area (Å²) >= 11 is 1.46. The molecular weight excluding hydrogens is 274 g/mol. The van der Waals surface area contributed by atoms with E-state index in [-0.39, 0.29) is 12.5 Å². The Hall–Kier alpha value is -0.980. The zero-order valence-corrected chi connectivity index (χ0v) is 12.8. The van der Waals surface area contributed by atoms with Gasteiger partial charge in [-0.25, -0.2) is 4.98 Å². The van der Waals surface area contributed by atoms with E-state index in [1.165, 1.54) is 30.6 Å². The fourth-order valence-corrected chi connectivity index (χ4v) is 3.36. The van der Waals surface area contributed by atoms with Crippen LogP contribution >= 0.6 is 11.3 Å². The average molecular weight is 297 g/mol. The Morgan fingerprint density at radius 1 is 1.45 bits per heavy atom. The van der Waals surface area contributed by atoms with E-state index in [9.17, 15) is 9.90 Å². The predicted molar refractivity (Wildman–Crippen MR) is 81.1 cm³/mol. The summed E-state index contributed by atoms with van der Waals surface area (Å²) in [6.45, 7) is 1.04. The Bertz CT molecular complexity index is 405. The van der Waals surface area contributed by atoms with Crippen LogP contribution in [0.15, 0.2) is 11.6 Å². The highest BCUT2D eigenvalue weighted by Crippen LogP contribution is 2.23. The van der Waals surface area contributed by atoms with Crippen molar-refractivity contribution in [3.63, 3.8) is 0 Å². The van der Waals surface area contributed by atoms with Gasteiger partial charge in [-0.3, -0.25) is 14.6 Å². The van der Waals surface area contributed by atoms with Crippen LogP contribution in [-0.4, -0.2) is 53.7 Å². The topological polar surface area (TPSA) is 56.7 Å². The number of hydrogen-bond donors (Lipinski definition) is 1. The molecule has 0 radical (unpaired) electrons. The molecule has 0 aromatic carbocycles. The number of thiazole rings is 1. The minimum atomic E-state index is 0.0407. The summed E-state index contributed by atoms with van der Waals surface area (Å²) in [5.41, 5.74) is 0. The van der Waals surface area contributed by atoms with E-state index in [4.69, 9.17) is 0 Å². The summed E-state index contributed by atoms with van der Waals surface area (Å²) in [5.74, 6) is 0.0407. The van der Waals surface area contributed by atoms with Crippen LogP contribution in [0.1, 0.15) is 32.1 Å². The summed E-state index contributed by atoms with van der Waals surface area (Å²) in [6.07, 6.45) is 7.71. The molecule has 1 saturated carbocycles. The van der Waals surface area contributed by atoms with Crippen LogP contribution in [-0.2, 0) is 4.79 Å². The molecule has 6 heteroatoms. The van der Waals surface area contributed by atoms with Crippen molar-refractivity contribution in [2.24, 2.45) is 0 Å². The van der Waals surface area contributed by atoms with E-state index < -0.39 is 0 Å². The lowest BCUT2D eigenvalue weighted by Crippen LogP contribution is -2.45. The lowest BCUT2D eigenvalue weighted by molar-refractivity contribution is -0.120. The first-order valence-electron chi connectivity index (χ1n) is 7.23. The molecule has 1 fully saturated rings. The molecule has 1 N–H and O–H groups in total. The first-order chi connectivity index (χ1) is 9.72. The van der Waals surface area contributed by atoms with E-state index in [0.29, 0.717) is 19.1 Å². The molecule has 1 aliphatic carbocycles. The molecule has 2 rings (SSSR count). The van der Waals surface area contributed by atoms with Crippen LogP contribution in [0.2, 0.25) is 0 Å². The van der Waals surface area contributed by atoms with E-state index in [1.807, 2.05) is 5.38 Å². The van der Waals surface area contributed by atoms with Gasteiger partial charge in [-0.1, -0.05) is 19.3 Å². The number of aliphatic hydroxyl groups is 1. The summed E-state index contributed by atoms with van der Waals surface area (Å²) in [7, 11) is 1.76. The van der Waals surface area contributed by atoms with Gasteiger partial charge in [0.05, 0.1) is 13.2 Å². The van der Waals surface area contributed by atoms with Crippen LogP contribution < -0.4 is 4.90 Å². The molecule has 1 aromatic heterocycles. The third kappa shape index (κ3) is 4.01. The van der Waals surface area contributed by atoms with E-state index >= 15 is 0 Å². The average Bonchev–Trinajstić information content (AvgIpc) is 3.01. The number of nitrogens with zero attached hydrogens (tertiary/aromatic N) is 3.